The summed E-state index contributed by atoms with van der Waals surface area (Å²) in [5.74, 6) is -0.344. The average Bonchev–Trinajstić information content (AvgIpc) is 2.49. The van der Waals surface area contributed by atoms with Crippen LogP contribution < -0.4 is 11.1 Å². The number of benzene rings is 1. The van der Waals surface area contributed by atoms with Crippen LogP contribution >= 0.6 is 11.6 Å². The van der Waals surface area contributed by atoms with Crippen LogP contribution in [0.4, 0.5) is 10.5 Å². The van der Waals surface area contributed by atoms with Crippen molar-refractivity contribution < 1.29 is 9.59 Å². The molecular weight excluding hydrogens is 292 g/mol. The molecule has 0 radical (unpaired) electrons. The number of halogens is 1. The molecule has 3 N–H and O–H groups in total. The lowest BCUT2D eigenvalue weighted by atomic mass is 10.2. The molecule has 7 heteroatoms. The minimum Gasteiger partial charge on any atom is -0.368 e. The number of nitrogens with two attached hydrogens (primary N) is 1. The molecule has 1 saturated heterocycles. The fourth-order valence-corrected chi connectivity index (χ4v) is 2.43. The van der Waals surface area contributed by atoms with E-state index in [1.807, 2.05) is 17.0 Å². The van der Waals surface area contributed by atoms with Crippen molar-refractivity contribution in [3.63, 3.8) is 0 Å². The molecule has 2 rings (SSSR count). The summed E-state index contributed by atoms with van der Waals surface area (Å²) in [4.78, 5) is 27.0. The molecule has 1 aliphatic heterocycles. The van der Waals surface area contributed by atoms with Crippen LogP contribution in [-0.2, 0) is 4.79 Å². The summed E-state index contributed by atoms with van der Waals surface area (Å²) < 4.78 is 0. The first-order valence-corrected chi connectivity index (χ1v) is 7.20. The zero-order chi connectivity index (χ0) is 15.4. The zero-order valence-corrected chi connectivity index (χ0v) is 12.6. The first kappa shape index (κ1) is 15.6. The number of urea groups is 1. The molecule has 21 heavy (non-hydrogen) atoms. The number of primary amides is 1. The number of para-hydroxylation sites is 1. The third-order valence-electron chi connectivity index (χ3n) is 3.68. The van der Waals surface area contributed by atoms with Crippen molar-refractivity contribution in [3.8, 4) is 0 Å². The summed E-state index contributed by atoms with van der Waals surface area (Å²) >= 11 is 6.01. The highest BCUT2D eigenvalue weighted by atomic mass is 35.5. The average molecular weight is 311 g/mol. The van der Waals surface area contributed by atoms with Crippen LogP contribution in [0, 0.1) is 0 Å². The third-order valence-corrected chi connectivity index (χ3v) is 4.01. The van der Waals surface area contributed by atoms with Crippen molar-refractivity contribution in [1.82, 2.24) is 9.80 Å². The summed E-state index contributed by atoms with van der Waals surface area (Å²) in [7, 11) is 0. The Morgan fingerprint density at radius 1 is 1.24 bits per heavy atom. The molecule has 0 saturated carbocycles. The van der Waals surface area contributed by atoms with Gasteiger partial charge >= 0.3 is 6.03 Å². The number of carbonyl (C=O) groups is 2. The summed E-state index contributed by atoms with van der Waals surface area (Å²) in [5, 5.41) is 3.30. The normalized spacial score (nSPS) is 17.3. The fourth-order valence-electron chi connectivity index (χ4n) is 2.25. The number of anilines is 1. The number of hydrogen-bond acceptors (Lipinski definition) is 3. The second kappa shape index (κ2) is 6.78. The van der Waals surface area contributed by atoms with Gasteiger partial charge in [-0.25, -0.2) is 4.79 Å². The first-order valence-electron chi connectivity index (χ1n) is 6.83. The van der Waals surface area contributed by atoms with Gasteiger partial charge in [-0.05, 0) is 19.1 Å². The van der Waals surface area contributed by atoms with Crippen molar-refractivity contribution in [2.75, 3.05) is 31.5 Å². The van der Waals surface area contributed by atoms with Crippen molar-refractivity contribution in [3.05, 3.63) is 29.3 Å². The van der Waals surface area contributed by atoms with E-state index in [0.717, 1.165) is 0 Å². The number of carbonyl (C=O) groups excluding carboxylic acids is 2. The minimum absolute atomic E-state index is 0.186. The van der Waals surface area contributed by atoms with Crippen molar-refractivity contribution >= 4 is 29.2 Å². The van der Waals surface area contributed by atoms with E-state index >= 15 is 0 Å². The van der Waals surface area contributed by atoms with Gasteiger partial charge in [0, 0.05) is 26.2 Å². The smallest absolute Gasteiger partial charge is 0.321 e. The molecule has 3 amide bonds. The van der Waals surface area contributed by atoms with Gasteiger partial charge in [0.25, 0.3) is 0 Å². The second-order valence-corrected chi connectivity index (χ2v) is 5.42. The number of hydrogen-bond donors (Lipinski definition) is 2. The highest BCUT2D eigenvalue weighted by Gasteiger charge is 2.26. The molecule has 1 fully saturated rings. The van der Waals surface area contributed by atoms with Gasteiger partial charge in [0.2, 0.25) is 5.91 Å². The fraction of sp³-hybridized carbons (Fsp3) is 0.429. The summed E-state index contributed by atoms with van der Waals surface area (Å²) in [5.41, 5.74) is 5.89. The van der Waals surface area contributed by atoms with Gasteiger partial charge in [-0.2, -0.15) is 0 Å². The molecule has 1 heterocycles. The van der Waals surface area contributed by atoms with Gasteiger partial charge in [0.1, 0.15) is 0 Å². The molecule has 1 aromatic rings. The summed E-state index contributed by atoms with van der Waals surface area (Å²) in [6.45, 7) is 4.13. The van der Waals surface area contributed by atoms with Crippen molar-refractivity contribution in [2.24, 2.45) is 5.73 Å². The lowest BCUT2D eigenvalue weighted by Crippen LogP contribution is -2.55. The maximum absolute atomic E-state index is 12.2. The van der Waals surface area contributed by atoms with Gasteiger partial charge in [-0.3, -0.25) is 9.69 Å². The molecule has 1 unspecified atom stereocenters. The molecular formula is C14H19ClN4O2. The Hall–Kier alpha value is -1.79. The van der Waals surface area contributed by atoms with Crippen LogP contribution in [0.2, 0.25) is 5.02 Å². The summed E-state index contributed by atoms with van der Waals surface area (Å²) in [6.07, 6.45) is 0. The maximum atomic E-state index is 12.2. The number of nitrogens with zero attached hydrogens (tertiary/aromatic N) is 2. The van der Waals surface area contributed by atoms with E-state index < -0.39 is 0 Å². The standard InChI is InChI=1S/C14H19ClN4O2/c1-10(13(16)20)18-6-8-19(9-7-18)14(21)17-12-5-3-2-4-11(12)15/h2-5,10H,6-9H2,1H3,(H2,16,20)(H,17,21). The molecule has 1 aromatic carbocycles. The first-order chi connectivity index (χ1) is 9.99. The van der Waals surface area contributed by atoms with Crippen LogP contribution in [0.5, 0.6) is 0 Å². The topological polar surface area (TPSA) is 78.7 Å². The molecule has 0 aliphatic carbocycles. The van der Waals surface area contributed by atoms with E-state index in [-0.39, 0.29) is 18.0 Å². The van der Waals surface area contributed by atoms with Gasteiger partial charge in [0.15, 0.2) is 0 Å². The van der Waals surface area contributed by atoms with E-state index in [1.54, 1.807) is 24.0 Å². The molecule has 0 spiro atoms. The Labute approximate surface area is 128 Å². The SMILES string of the molecule is CC(C(N)=O)N1CCN(C(=O)Nc2ccccc2Cl)CC1. The molecule has 6 nitrogen and oxygen atoms in total. The number of rotatable bonds is 3. The number of nitrogens with one attached hydrogen (secondary N) is 1. The molecule has 0 aromatic heterocycles. The van der Waals surface area contributed by atoms with Gasteiger partial charge in [-0.1, -0.05) is 23.7 Å². The van der Waals surface area contributed by atoms with Gasteiger partial charge in [-0.15, -0.1) is 0 Å². The van der Waals surface area contributed by atoms with E-state index in [2.05, 4.69) is 5.32 Å². The maximum Gasteiger partial charge on any atom is 0.321 e. The summed E-state index contributed by atoms with van der Waals surface area (Å²) in [6, 6.07) is 6.61. The predicted molar refractivity (Wildman–Crippen MR) is 82.3 cm³/mol. The Kier molecular flexibility index (Phi) is 5.03. The Balaban J connectivity index is 1.89. The molecule has 1 aliphatic rings. The van der Waals surface area contributed by atoms with Crippen LogP contribution in [0.15, 0.2) is 24.3 Å². The quantitative estimate of drug-likeness (QED) is 0.885. The number of amides is 3. The monoisotopic (exact) mass is 310 g/mol. The molecule has 114 valence electrons. The second-order valence-electron chi connectivity index (χ2n) is 5.01. The van der Waals surface area contributed by atoms with Crippen molar-refractivity contribution in [2.45, 2.75) is 13.0 Å². The minimum atomic E-state index is -0.344. The highest BCUT2D eigenvalue weighted by Crippen LogP contribution is 2.21. The van der Waals surface area contributed by atoms with E-state index in [9.17, 15) is 9.59 Å². The van der Waals surface area contributed by atoms with Crippen LogP contribution in [0.3, 0.4) is 0 Å². The number of piperazine rings is 1. The predicted octanol–water partition coefficient (Wildman–Crippen LogP) is 1.36. The van der Waals surface area contributed by atoms with Crippen LogP contribution in [0.1, 0.15) is 6.92 Å². The molecule has 0 bridgehead atoms. The Bertz CT molecular complexity index is 529. The van der Waals surface area contributed by atoms with Crippen LogP contribution in [-0.4, -0.2) is 54.0 Å². The van der Waals surface area contributed by atoms with Crippen molar-refractivity contribution in [1.29, 1.82) is 0 Å². The zero-order valence-electron chi connectivity index (χ0n) is 11.9. The van der Waals surface area contributed by atoms with E-state index in [0.29, 0.717) is 36.9 Å². The van der Waals surface area contributed by atoms with E-state index in [1.165, 1.54) is 0 Å². The Morgan fingerprint density at radius 2 is 1.86 bits per heavy atom. The third kappa shape index (κ3) is 3.86. The lowest BCUT2D eigenvalue weighted by molar-refractivity contribution is -0.123. The highest BCUT2D eigenvalue weighted by molar-refractivity contribution is 6.33. The van der Waals surface area contributed by atoms with Gasteiger partial charge < -0.3 is 16.0 Å². The Morgan fingerprint density at radius 3 is 2.43 bits per heavy atom. The largest absolute Gasteiger partial charge is 0.368 e. The van der Waals surface area contributed by atoms with Crippen LogP contribution in [0.25, 0.3) is 0 Å². The van der Waals surface area contributed by atoms with Gasteiger partial charge in [0.05, 0.1) is 16.8 Å². The van der Waals surface area contributed by atoms with E-state index in [4.69, 9.17) is 17.3 Å². The lowest BCUT2D eigenvalue weighted by Gasteiger charge is -2.36. The molecule has 1 atom stereocenters.